The van der Waals surface area contributed by atoms with Gasteiger partial charge in [-0.15, -0.1) is 0 Å². The molecule has 14 heavy (non-hydrogen) atoms. The summed E-state index contributed by atoms with van der Waals surface area (Å²) in [6.07, 6.45) is -2.50. The third-order valence-corrected chi connectivity index (χ3v) is 2.46. The molecule has 0 bridgehead atoms. The van der Waals surface area contributed by atoms with E-state index in [1.807, 2.05) is 0 Å². The van der Waals surface area contributed by atoms with Gasteiger partial charge in [0, 0.05) is 5.56 Å². The molecular formula is C9H7BrF2O2. The molecule has 0 aliphatic carbocycles. The fraction of sp³-hybridized carbons (Fsp3) is 0.333. The molecule has 0 saturated heterocycles. The van der Waals surface area contributed by atoms with E-state index in [1.165, 1.54) is 12.1 Å². The highest BCUT2D eigenvalue weighted by Crippen LogP contribution is 2.40. The van der Waals surface area contributed by atoms with Gasteiger partial charge in [0.2, 0.25) is 0 Å². The summed E-state index contributed by atoms with van der Waals surface area (Å²) in [5.41, 5.74) is -0.0684. The molecule has 0 fully saturated rings. The van der Waals surface area contributed by atoms with Gasteiger partial charge in [-0.3, -0.25) is 0 Å². The second-order valence-corrected chi connectivity index (χ2v) is 3.68. The van der Waals surface area contributed by atoms with Crippen molar-refractivity contribution < 1.29 is 18.3 Å². The minimum Gasteiger partial charge on any atom is -0.486 e. The van der Waals surface area contributed by atoms with E-state index in [2.05, 4.69) is 15.9 Å². The van der Waals surface area contributed by atoms with E-state index in [9.17, 15) is 8.78 Å². The number of benzene rings is 1. The standard InChI is InChI=1S/C9H7BrF2O2/c10-6-3-5(9(11)12)4-7-8(6)14-2-1-13-7/h3-4,9H,1-2H2. The van der Waals surface area contributed by atoms with Crippen molar-refractivity contribution in [2.24, 2.45) is 0 Å². The fourth-order valence-corrected chi connectivity index (χ4v) is 1.83. The molecule has 0 saturated carbocycles. The van der Waals surface area contributed by atoms with E-state index < -0.39 is 6.43 Å². The predicted octanol–water partition coefficient (Wildman–Crippen LogP) is 3.16. The lowest BCUT2D eigenvalue weighted by Crippen LogP contribution is -2.15. The van der Waals surface area contributed by atoms with Crippen molar-refractivity contribution in [3.05, 3.63) is 22.2 Å². The van der Waals surface area contributed by atoms with Crippen LogP contribution in [-0.4, -0.2) is 13.2 Å². The number of alkyl halides is 2. The molecule has 1 aliphatic heterocycles. The quantitative estimate of drug-likeness (QED) is 0.776. The van der Waals surface area contributed by atoms with Crippen molar-refractivity contribution in [1.82, 2.24) is 0 Å². The highest BCUT2D eigenvalue weighted by Gasteiger charge is 2.19. The van der Waals surface area contributed by atoms with Gasteiger partial charge in [-0.05, 0) is 28.1 Å². The van der Waals surface area contributed by atoms with Gasteiger partial charge >= 0.3 is 0 Å². The Balaban J connectivity index is 2.46. The monoisotopic (exact) mass is 264 g/mol. The Bertz CT molecular complexity index is 355. The Morgan fingerprint density at radius 1 is 1.21 bits per heavy atom. The molecule has 1 heterocycles. The van der Waals surface area contributed by atoms with Gasteiger partial charge in [-0.2, -0.15) is 0 Å². The van der Waals surface area contributed by atoms with Crippen LogP contribution in [0.3, 0.4) is 0 Å². The van der Waals surface area contributed by atoms with Gasteiger partial charge in [0.25, 0.3) is 6.43 Å². The van der Waals surface area contributed by atoms with Crippen molar-refractivity contribution in [2.75, 3.05) is 13.2 Å². The molecule has 1 aromatic rings. The molecule has 2 nitrogen and oxygen atoms in total. The molecule has 0 amide bonds. The first-order valence-electron chi connectivity index (χ1n) is 4.05. The van der Waals surface area contributed by atoms with E-state index in [1.54, 1.807) is 0 Å². The van der Waals surface area contributed by atoms with Gasteiger partial charge in [0.1, 0.15) is 13.2 Å². The maximum absolute atomic E-state index is 12.4. The first kappa shape index (κ1) is 9.71. The second kappa shape index (κ2) is 3.73. The van der Waals surface area contributed by atoms with Crippen LogP contribution in [0, 0.1) is 0 Å². The van der Waals surface area contributed by atoms with Crippen LogP contribution in [0.4, 0.5) is 8.78 Å². The van der Waals surface area contributed by atoms with Crippen molar-refractivity contribution in [1.29, 1.82) is 0 Å². The zero-order valence-electron chi connectivity index (χ0n) is 7.10. The number of rotatable bonds is 1. The molecule has 0 atom stereocenters. The SMILES string of the molecule is FC(F)c1cc(Br)c2c(c1)OCCO2. The lowest BCUT2D eigenvalue weighted by Gasteiger charge is -2.20. The molecule has 0 aromatic heterocycles. The Hall–Kier alpha value is -0.840. The smallest absolute Gasteiger partial charge is 0.264 e. The van der Waals surface area contributed by atoms with Gasteiger partial charge in [0.05, 0.1) is 4.47 Å². The van der Waals surface area contributed by atoms with Crippen LogP contribution < -0.4 is 9.47 Å². The van der Waals surface area contributed by atoms with Gasteiger partial charge in [-0.1, -0.05) is 0 Å². The Labute approximate surface area is 87.9 Å². The number of hydrogen-bond acceptors (Lipinski definition) is 2. The van der Waals surface area contributed by atoms with Crippen molar-refractivity contribution in [3.8, 4) is 11.5 Å². The average molecular weight is 265 g/mol. The molecular weight excluding hydrogens is 258 g/mol. The highest BCUT2D eigenvalue weighted by molar-refractivity contribution is 9.10. The van der Waals surface area contributed by atoms with Crippen molar-refractivity contribution in [2.45, 2.75) is 6.43 Å². The van der Waals surface area contributed by atoms with E-state index in [0.717, 1.165) is 0 Å². The molecule has 0 unspecified atom stereocenters. The number of ether oxygens (including phenoxy) is 2. The maximum Gasteiger partial charge on any atom is 0.264 e. The summed E-state index contributed by atoms with van der Waals surface area (Å²) in [7, 11) is 0. The lowest BCUT2D eigenvalue weighted by atomic mass is 10.2. The van der Waals surface area contributed by atoms with Crippen LogP contribution in [-0.2, 0) is 0 Å². The molecule has 0 N–H and O–H groups in total. The minimum atomic E-state index is -2.50. The van der Waals surface area contributed by atoms with E-state index in [0.29, 0.717) is 29.2 Å². The molecule has 0 radical (unpaired) electrons. The second-order valence-electron chi connectivity index (χ2n) is 2.83. The van der Waals surface area contributed by atoms with E-state index >= 15 is 0 Å². The molecule has 2 rings (SSSR count). The van der Waals surface area contributed by atoms with Crippen LogP contribution in [0.15, 0.2) is 16.6 Å². The summed E-state index contributed by atoms with van der Waals surface area (Å²) in [6.45, 7) is 0.839. The highest BCUT2D eigenvalue weighted by atomic mass is 79.9. The number of halogens is 3. The fourth-order valence-electron chi connectivity index (χ4n) is 1.26. The molecule has 0 spiro atoms. The zero-order valence-corrected chi connectivity index (χ0v) is 8.68. The van der Waals surface area contributed by atoms with Crippen molar-refractivity contribution >= 4 is 15.9 Å². The topological polar surface area (TPSA) is 18.5 Å². The van der Waals surface area contributed by atoms with E-state index in [4.69, 9.17) is 9.47 Å². The minimum absolute atomic E-state index is 0.0684. The largest absolute Gasteiger partial charge is 0.486 e. The van der Waals surface area contributed by atoms with Crippen LogP contribution >= 0.6 is 15.9 Å². The average Bonchev–Trinajstić information content (AvgIpc) is 2.17. The molecule has 1 aliphatic rings. The number of hydrogen-bond donors (Lipinski definition) is 0. The summed E-state index contributed by atoms with van der Waals surface area (Å²) in [5.74, 6) is 0.876. The lowest BCUT2D eigenvalue weighted by molar-refractivity contribution is 0.146. The normalized spacial score (nSPS) is 14.6. The predicted molar refractivity (Wildman–Crippen MR) is 50.1 cm³/mol. The van der Waals surface area contributed by atoms with Crippen LogP contribution in [0.2, 0.25) is 0 Å². The Kier molecular flexibility index (Phi) is 2.58. The summed E-state index contributed by atoms with van der Waals surface area (Å²) < 4.78 is 35.8. The third kappa shape index (κ3) is 1.68. The summed E-state index contributed by atoms with van der Waals surface area (Å²) in [5, 5.41) is 0. The number of fused-ring (bicyclic) bond motifs is 1. The third-order valence-electron chi connectivity index (χ3n) is 1.87. The Morgan fingerprint density at radius 3 is 2.64 bits per heavy atom. The van der Waals surface area contributed by atoms with Crippen LogP contribution in [0.1, 0.15) is 12.0 Å². The van der Waals surface area contributed by atoms with Gasteiger partial charge < -0.3 is 9.47 Å². The molecule has 76 valence electrons. The van der Waals surface area contributed by atoms with Gasteiger partial charge in [0.15, 0.2) is 11.5 Å². The first-order chi connectivity index (χ1) is 6.68. The maximum atomic E-state index is 12.4. The summed E-state index contributed by atoms with van der Waals surface area (Å²) in [6, 6.07) is 2.65. The first-order valence-corrected chi connectivity index (χ1v) is 4.85. The molecule has 1 aromatic carbocycles. The van der Waals surface area contributed by atoms with Crippen LogP contribution in [0.5, 0.6) is 11.5 Å². The van der Waals surface area contributed by atoms with Gasteiger partial charge in [-0.25, -0.2) is 8.78 Å². The molecule has 5 heteroatoms. The Morgan fingerprint density at radius 2 is 1.93 bits per heavy atom. The summed E-state index contributed by atoms with van der Waals surface area (Å²) >= 11 is 3.16. The zero-order chi connectivity index (χ0) is 10.1. The summed E-state index contributed by atoms with van der Waals surface area (Å²) in [4.78, 5) is 0. The van der Waals surface area contributed by atoms with Crippen molar-refractivity contribution in [3.63, 3.8) is 0 Å². The van der Waals surface area contributed by atoms with Crippen LogP contribution in [0.25, 0.3) is 0 Å². The van der Waals surface area contributed by atoms with E-state index in [-0.39, 0.29) is 5.56 Å².